The van der Waals surface area contributed by atoms with Gasteiger partial charge in [-0.1, -0.05) is 31.2 Å². The van der Waals surface area contributed by atoms with Gasteiger partial charge in [-0.05, 0) is 55.9 Å². The van der Waals surface area contributed by atoms with Gasteiger partial charge in [0.1, 0.15) is 10.7 Å². The molecule has 38 heavy (non-hydrogen) atoms. The highest BCUT2D eigenvalue weighted by Gasteiger charge is 2.51. The fourth-order valence-electron chi connectivity index (χ4n) is 7.10. The van der Waals surface area contributed by atoms with Crippen molar-refractivity contribution in [3.05, 3.63) is 94.0 Å². The van der Waals surface area contributed by atoms with Crippen LogP contribution < -0.4 is 4.90 Å². The third-order valence-electron chi connectivity index (χ3n) is 9.22. The maximum absolute atomic E-state index is 7.20. The van der Waals surface area contributed by atoms with E-state index >= 15 is 0 Å². The van der Waals surface area contributed by atoms with E-state index in [9.17, 15) is 0 Å². The lowest BCUT2D eigenvalue weighted by molar-refractivity contribution is 0.598. The van der Waals surface area contributed by atoms with Crippen molar-refractivity contribution in [1.82, 2.24) is 24.7 Å². The zero-order valence-corrected chi connectivity index (χ0v) is 22.8. The SMILES string of the molecule is CCc1cccc2c1-n1nc3c(c1C1(C)C2=CC(C)(Cl)c2[nH]ccc21)CN(c1cnc(C2CC2)cn1)CC3. The van der Waals surface area contributed by atoms with Crippen LogP contribution in [-0.2, 0) is 29.7 Å². The molecule has 1 fully saturated rings. The van der Waals surface area contributed by atoms with Crippen LogP contribution in [0, 0.1) is 0 Å². The molecule has 0 amide bonds. The van der Waals surface area contributed by atoms with Crippen LogP contribution in [0.1, 0.15) is 84.6 Å². The Bertz CT molecular complexity index is 1640. The van der Waals surface area contributed by atoms with Crippen LogP contribution in [0.2, 0.25) is 0 Å². The standard InChI is InChI=1S/C31H31ClN6/c1-4-18-6-5-7-20-23-14-30(2,32)28-22(10-12-33-28)31(23,3)29-21-17-37(13-11-24(21)36-38(29)27(18)20)26-16-34-25(15-35-26)19-8-9-19/h5-7,10,12,14-16,19,33H,4,8-9,11,13,17H2,1-3H3. The number of benzene rings is 1. The van der Waals surface area contributed by atoms with Gasteiger partial charge in [-0.3, -0.25) is 4.98 Å². The molecule has 4 aliphatic rings. The number of H-pyrrole nitrogens is 1. The van der Waals surface area contributed by atoms with Gasteiger partial charge >= 0.3 is 0 Å². The molecule has 8 rings (SSSR count). The minimum absolute atomic E-state index is 0.381. The van der Waals surface area contributed by atoms with Crippen molar-refractivity contribution in [2.75, 3.05) is 11.4 Å². The molecule has 1 aromatic carbocycles. The van der Waals surface area contributed by atoms with Crippen LogP contribution >= 0.6 is 11.6 Å². The summed E-state index contributed by atoms with van der Waals surface area (Å²) in [4.78, 5) is 14.8. The number of halogens is 1. The molecule has 5 heterocycles. The largest absolute Gasteiger partial charge is 0.363 e. The van der Waals surface area contributed by atoms with Crippen LogP contribution in [-0.4, -0.2) is 31.3 Å². The molecule has 2 atom stereocenters. The molecule has 2 aliphatic carbocycles. The quantitative estimate of drug-likeness (QED) is 0.327. The second kappa shape index (κ2) is 7.60. The van der Waals surface area contributed by atoms with Gasteiger partial charge in [-0.2, -0.15) is 5.10 Å². The Balaban J connectivity index is 1.34. The highest BCUT2D eigenvalue weighted by atomic mass is 35.5. The van der Waals surface area contributed by atoms with E-state index in [0.717, 1.165) is 43.1 Å². The van der Waals surface area contributed by atoms with Gasteiger partial charge in [-0.15, -0.1) is 11.6 Å². The average Bonchev–Trinajstić information content (AvgIpc) is 3.50. The van der Waals surface area contributed by atoms with Gasteiger partial charge in [0.05, 0.1) is 40.6 Å². The number of hydrogen-bond acceptors (Lipinski definition) is 4. The maximum Gasteiger partial charge on any atom is 0.147 e. The number of anilines is 1. The normalized spacial score (nSPS) is 25.2. The van der Waals surface area contributed by atoms with E-state index in [1.165, 1.54) is 57.7 Å². The molecule has 7 heteroatoms. The zero-order valence-electron chi connectivity index (χ0n) is 22.1. The molecular formula is C31H31ClN6. The van der Waals surface area contributed by atoms with Gasteiger partial charge in [0.15, 0.2) is 0 Å². The first-order valence-electron chi connectivity index (χ1n) is 13.8. The number of aromatic nitrogens is 5. The molecule has 4 aromatic rings. The third-order valence-corrected chi connectivity index (χ3v) is 9.51. The molecule has 0 saturated heterocycles. The summed E-state index contributed by atoms with van der Waals surface area (Å²) in [7, 11) is 0. The van der Waals surface area contributed by atoms with E-state index in [-0.39, 0.29) is 5.41 Å². The third kappa shape index (κ3) is 2.92. The molecule has 0 radical (unpaired) electrons. The first-order chi connectivity index (χ1) is 18.4. The van der Waals surface area contributed by atoms with E-state index in [1.807, 2.05) is 18.6 Å². The Kier molecular flexibility index (Phi) is 4.52. The zero-order chi connectivity index (χ0) is 25.8. The van der Waals surface area contributed by atoms with Crippen molar-refractivity contribution < 1.29 is 0 Å². The average molecular weight is 523 g/mol. The van der Waals surface area contributed by atoms with Gasteiger partial charge < -0.3 is 9.88 Å². The highest BCUT2D eigenvalue weighted by Crippen LogP contribution is 2.58. The lowest BCUT2D eigenvalue weighted by Crippen LogP contribution is -2.40. The molecular weight excluding hydrogens is 492 g/mol. The number of alkyl halides is 1. The Labute approximate surface area is 227 Å². The van der Waals surface area contributed by atoms with Gasteiger partial charge in [0.2, 0.25) is 0 Å². The summed E-state index contributed by atoms with van der Waals surface area (Å²) in [5.74, 6) is 1.56. The fraction of sp³-hybridized carbons (Fsp3) is 0.387. The Morgan fingerprint density at radius 3 is 2.76 bits per heavy atom. The van der Waals surface area contributed by atoms with Crippen molar-refractivity contribution in [3.8, 4) is 5.69 Å². The Morgan fingerprint density at radius 1 is 1.13 bits per heavy atom. The van der Waals surface area contributed by atoms with Crippen molar-refractivity contribution >= 4 is 23.0 Å². The summed E-state index contributed by atoms with van der Waals surface area (Å²) in [6.45, 7) is 8.33. The number of rotatable bonds is 3. The van der Waals surface area contributed by atoms with Crippen LogP contribution in [0.25, 0.3) is 11.3 Å². The van der Waals surface area contributed by atoms with E-state index in [2.05, 4.69) is 65.7 Å². The number of aryl methyl sites for hydroxylation is 1. The van der Waals surface area contributed by atoms with Gasteiger partial charge in [0.25, 0.3) is 0 Å². The van der Waals surface area contributed by atoms with E-state index in [0.29, 0.717) is 5.92 Å². The van der Waals surface area contributed by atoms with E-state index < -0.39 is 4.87 Å². The summed E-state index contributed by atoms with van der Waals surface area (Å²) >= 11 is 7.20. The number of fused-ring (bicyclic) bond motifs is 10. The Hall–Kier alpha value is -3.38. The topological polar surface area (TPSA) is 62.6 Å². The maximum atomic E-state index is 7.20. The van der Waals surface area contributed by atoms with Crippen LogP contribution in [0.4, 0.5) is 5.82 Å². The lowest BCUT2D eigenvalue weighted by atomic mass is 9.63. The van der Waals surface area contributed by atoms with Crippen LogP contribution in [0.5, 0.6) is 0 Å². The molecule has 3 aromatic heterocycles. The number of nitrogens with one attached hydrogen (secondary N) is 1. The monoisotopic (exact) mass is 522 g/mol. The summed E-state index contributed by atoms with van der Waals surface area (Å²) in [5, 5.41) is 5.33. The Morgan fingerprint density at radius 2 is 2.00 bits per heavy atom. The summed E-state index contributed by atoms with van der Waals surface area (Å²) in [6.07, 6.45) is 12.6. The predicted molar refractivity (Wildman–Crippen MR) is 150 cm³/mol. The highest BCUT2D eigenvalue weighted by molar-refractivity contribution is 6.26. The van der Waals surface area contributed by atoms with Crippen molar-refractivity contribution in [1.29, 1.82) is 0 Å². The van der Waals surface area contributed by atoms with Gasteiger partial charge in [0, 0.05) is 48.4 Å². The van der Waals surface area contributed by atoms with Crippen LogP contribution in [0.3, 0.4) is 0 Å². The number of allylic oxidation sites excluding steroid dienone is 2. The van der Waals surface area contributed by atoms with E-state index in [4.69, 9.17) is 26.7 Å². The predicted octanol–water partition coefficient (Wildman–Crippen LogP) is 6.16. The summed E-state index contributed by atoms with van der Waals surface area (Å²) < 4.78 is 2.27. The summed E-state index contributed by atoms with van der Waals surface area (Å²) in [5.41, 5.74) is 11.8. The number of aromatic amines is 1. The lowest BCUT2D eigenvalue weighted by Gasteiger charge is -2.45. The smallest absolute Gasteiger partial charge is 0.147 e. The first kappa shape index (κ1) is 22.6. The number of para-hydroxylation sites is 1. The molecule has 1 N–H and O–H groups in total. The molecule has 1 saturated carbocycles. The second-order valence-corrected chi connectivity index (χ2v) is 12.4. The number of hydrogen-bond donors (Lipinski definition) is 1. The van der Waals surface area contributed by atoms with Crippen molar-refractivity contribution in [2.45, 2.75) is 69.2 Å². The molecule has 0 bridgehead atoms. The fourth-order valence-corrected chi connectivity index (χ4v) is 7.36. The molecule has 0 spiro atoms. The first-order valence-corrected chi connectivity index (χ1v) is 14.2. The van der Waals surface area contributed by atoms with Gasteiger partial charge in [-0.25, -0.2) is 9.67 Å². The number of nitrogens with zero attached hydrogens (tertiary/aromatic N) is 5. The molecule has 2 aliphatic heterocycles. The second-order valence-electron chi connectivity index (χ2n) is 11.6. The minimum atomic E-state index is -0.611. The van der Waals surface area contributed by atoms with Crippen molar-refractivity contribution in [3.63, 3.8) is 0 Å². The van der Waals surface area contributed by atoms with Crippen molar-refractivity contribution in [2.24, 2.45) is 0 Å². The molecule has 6 nitrogen and oxygen atoms in total. The molecule has 2 unspecified atom stereocenters. The minimum Gasteiger partial charge on any atom is -0.363 e. The summed E-state index contributed by atoms with van der Waals surface area (Å²) in [6, 6.07) is 8.87. The van der Waals surface area contributed by atoms with Crippen LogP contribution in [0.15, 0.2) is 48.9 Å². The van der Waals surface area contributed by atoms with E-state index in [1.54, 1.807) is 0 Å². The molecule has 192 valence electrons.